The second-order valence-corrected chi connectivity index (χ2v) is 5.86. The molecule has 2 N–H and O–H groups in total. The summed E-state index contributed by atoms with van der Waals surface area (Å²) in [6, 6.07) is 5.57. The Morgan fingerprint density at radius 2 is 2.00 bits per heavy atom. The van der Waals surface area contributed by atoms with Crippen molar-refractivity contribution in [2.45, 2.75) is 50.7 Å². The molecule has 3 rings (SSSR count). The number of carboxylic acid groups (broad SMARTS) is 1. The molecule has 1 aliphatic carbocycles. The zero-order valence-corrected chi connectivity index (χ0v) is 11.6. The maximum absolute atomic E-state index is 11.1. The molecule has 1 aliphatic heterocycles. The van der Waals surface area contributed by atoms with E-state index in [1.165, 1.54) is 6.42 Å². The summed E-state index contributed by atoms with van der Waals surface area (Å²) in [6.45, 7) is 0.959. The molecule has 20 heavy (non-hydrogen) atoms. The van der Waals surface area contributed by atoms with Gasteiger partial charge in [-0.3, -0.25) is 0 Å². The molecule has 0 radical (unpaired) electrons. The lowest BCUT2D eigenvalue weighted by Crippen LogP contribution is -2.47. The molecular weight excluding hydrogens is 254 g/mol. The second-order valence-electron chi connectivity index (χ2n) is 5.86. The molecule has 0 aromatic heterocycles. The van der Waals surface area contributed by atoms with Crippen molar-refractivity contribution in [3.63, 3.8) is 0 Å². The third-order valence-electron chi connectivity index (χ3n) is 4.58. The molecule has 0 amide bonds. The van der Waals surface area contributed by atoms with Gasteiger partial charge in [0.15, 0.2) is 0 Å². The lowest BCUT2D eigenvalue weighted by atomic mass is 9.88. The van der Waals surface area contributed by atoms with E-state index in [4.69, 9.17) is 5.11 Å². The van der Waals surface area contributed by atoms with Crippen molar-refractivity contribution >= 4 is 11.7 Å². The Kier molecular flexibility index (Phi) is 3.66. The minimum Gasteiger partial charge on any atom is -0.478 e. The SMILES string of the molecule is O=C(O)c1ccc2c(c1)CCCN2C1CCCCC1O. The van der Waals surface area contributed by atoms with Gasteiger partial charge in [0.05, 0.1) is 17.7 Å². The number of aliphatic hydroxyl groups is 1. The quantitative estimate of drug-likeness (QED) is 0.870. The summed E-state index contributed by atoms with van der Waals surface area (Å²) in [4.78, 5) is 13.4. The number of hydrogen-bond acceptors (Lipinski definition) is 3. The monoisotopic (exact) mass is 275 g/mol. The van der Waals surface area contributed by atoms with E-state index in [2.05, 4.69) is 4.90 Å². The fourth-order valence-electron chi connectivity index (χ4n) is 3.56. The van der Waals surface area contributed by atoms with Crippen molar-refractivity contribution in [2.24, 2.45) is 0 Å². The normalized spacial score (nSPS) is 26.1. The maximum Gasteiger partial charge on any atom is 0.335 e. The van der Waals surface area contributed by atoms with Gasteiger partial charge in [0, 0.05) is 12.2 Å². The molecule has 4 heteroatoms. The number of carboxylic acids is 1. The Hall–Kier alpha value is -1.55. The Morgan fingerprint density at radius 3 is 2.75 bits per heavy atom. The van der Waals surface area contributed by atoms with Gasteiger partial charge in [-0.05, 0) is 49.4 Å². The molecule has 4 nitrogen and oxygen atoms in total. The molecule has 0 bridgehead atoms. The highest BCUT2D eigenvalue weighted by Crippen LogP contribution is 2.34. The van der Waals surface area contributed by atoms with Gasteiger partial charge >= 0.3 is 5.97 Å². The third kappa shape index (κ3) is 2.40. The second kappa shape index (κ2) is 5.44. The predicted octanol–water partition coefficient (Wildman–Crippen LogP) is 2.44. The molecule has 1 fully saturated rings. The summed E-state index contributed by atoms with van der Waals surface area (Å²) in [7, 11) is 0. The summed E-state index contributed by atoms with van der Waals surface area (Å²) in [5, 5.41) is 19.3. The molecule has 1 aromatic carbocycles. The van der Waals surface area contributed by atoms with Crippen molar-refractivity contribution in [1.82, 2.24) is 0 Å². The number of carbonyl (C=O) groups is 1. The predicted molar refractivity (Wildman–Crippen MR) is 77.3 cm³/mol. The number of rotatable bonds is 2. The Morgan fingerprint density at radius 1 is 1.20 bits per heavy atom. The summed E-state index contributed by atoms with van der Waals surface area (Å²) in [5.74, 6) is -0.873. The van der Waals surface area contributed by atoms with Crippen LogP contribution in [0, 0.1) is 0 Å². The fourth-order valence-corrected chi connectivity index (χ4v) is 3.56. The first-order valence-corrected chi connectivity index (χ1v) is 7.48. The molecule has 2 unspecified atom stereocenters. The van der Waals surface area contributed by atoms with Crippen molar-refractivity contribution < 1.29 is 15.0 Å². The molecule has 1 saturated carbocycles. The zero-order chi connectivity index (χ0) is 14.1. The number of benzene rings is 1. The van der Waals surface area contributed by atoms with Crippen LogP contribution in [0.1, 0.15) is 48.0 Å². The zero-order valence-electron chi connectivity index (χ0n) is 11.6. The average Bonchev–Trinajstić information content (AvgIpc) is 2.46. The topological polar surface area (TPSA) is 60.8 Å². The Labute approximate surface area is 119 Å². The Bertz CT molecular complexity index is 514. The minimum atomic E-state index is -0.873. The molecule has 1 aromatic rings. The number of aliphatic hydroxyl groups excluding tert-OH is 1. The van der Waals surface area contributed by atoms with Crippen molar-refractivity contribution in [2.75, 3.05) is 11.4 Å². The van der Waals surface area contributed by atoms with E-state index in [1.807, 2.05) is 6.07 Å². The third-order valence-corrected chi connectivity index (χ3v) is 4.58. The van der Waals surface area contributed by atoms with E-state index in [0.717, 1.165) is 49.9 Å². The smallest absolute Gasteiger partial charge is 0.335 e. The first-order valence-electron chi connectivity index (χ1n) is 7.48. The summed E-state index contributed by atoms with van der Waals surface area (Å²) in [6.07, 6.45) is 5.88. The number of anilines is 1. The van der Waals surface area contributed by atoms with E-state index in [1.54, 1.807) is 12.1 Å². The average molecular weight is 275 g/mol. The van der Waals surface area contributed by atoms with E-state index in [0.29, 0.717) is 5.56 Å². The standard InChI is InChI=1S/C16H21NO3/c18-15-6-2-1-5-14(15)17-9-3-4-11-10-12(16(19)20)7-8-13(11)17/h7-8,10,14-15,18H,1-6,9H2,(H,19,20). The Balaban J connectivity index is 1.91. The molecule has 0 saturated heterocycles. The highest BCUT2D eigenvalue weighted by Gasteiger charge is 2.31. The van der Waals surface area contributed by atoms with Crippen LogP contribution in [0.5, 0.6) is 0 Å². The lowest BCUT2D eigenvalue weighted by molar-refractivity contribution is 0.0696. The molecular formula is C16H21NO3. The van der Waals surface area contributed by atoms with E-state index < -0.39 is 5.97 Å². The van der Waals surface area contributed by atoms with Crippen LogP contribution >= 0.6 is 0 Å². The van der Waals surface area contributed by atoms with Gasteiger partial charge in [0.2, 0.25) is 0 Å². The van der Waals surface area contributed by atoms with Gasteiger partial charge in [-0.25, -0.2) is 4.79 Å². The molecule has 2 atom stereocenters. The highest BCUT2D eigenvalue weighted by atomic mass is 16.4. The summed E-state index contributed by atoms with van der Waals surface area (Å²) < 4.78 is 0. The summed E-state index contributed by atoms with van der Waals surface area (Å²) >= 11 is 0. The van der Waals surface area contributed by atoms with Crippen molar-refractivity contribution in [3.05, 3.63) is 29.3 Å². The fraction of sp³-hybridized carbons (Fsp3) is 0.562. The number of aromatic carboxylic acids is 1. The lowest BCUT2D eigenvalue weighted by Gasteiger charge is -2.42. The first kappa shape index (κ1) is 13.4. The molecule has 1 heterocycles. The van der Waals surface area contributed by atoms with Gasteiger partial charge in [-0.1, -0.05) is 12.8 Å². The van der Waals surface area contributed by atoms with Crippen molar-refractivity contribution in [3.8, 4) is 0 Å². The highest BCUT2D eigenvalue weighted by molar-refractivity contribution is 5.88. The van der Waals surface area contributed by atoms with E-state index in [-0.39, 0.29) is 12.1 Å². The largest absolute Gasteiger partial charge is 0.478 e. The number of nitrogens with zero attached hydrogens (tertiary/aromatic N) is 1. The summed E-state index contributed by atoms with van der Waals surface area (Å²) in [5.41, 5.74) is 2.58. The van der Waals surface area contributed by atoms with E-state index >= 15 is 0 Å². The number of aryl methyl sites for hydroxylation is 1. The van der Waals surface area contributed by atoms with Gasteiger partial charge in [0.1, 0.15) is 0 Å². The van der Waals surface area contributed by atoms with Gasteiger partial charge < -0.3 is 15.1 Å². The maximum atomic E-state index is 11.1. The van der Waals surface area contributed by atoms with Crippen LogP contribution in [0.3, 0.4) is 0 Å². The number of hydrogen-bond donors (Lipinski definition) is 2. The number of fused-ring (bicyclic) bond motifs is 1. The van der Waals surface area contributed by atoms with Crippen LogP contribution in [-0.4, -0.2) is 34.9 Å². The molecule has 108 valence electrons. The van der Waals surface area contributed by atoms with Gasteiger partial charge in [0.25, 0.3) is 0 Å². The van der Waals surface area contributed by atoms with Crippen LogP contribution in [0.15, 0.2) is 18.2 Å². The van der Waals surface area contributed by atoms with E-state index in [9.17, 15) is 9.90 Å². The first-order chi connectivity index (χ1) is 9.66. The minimum absolute atomic E-state index is 0.193. The van der Waals surface area contributed by atoms with Crippen LogP contribution < -0.4 is 4.90 Å². The van der Waals surface area contributed by atoms with Gasteiger partial charge in [-0.15, -0.1) is 0 Å². The van der Waals surface area contributed by atoms with Crippen LogP contribution in [0.25, 0.3) is 0 Å². The van der Waals surface area contributed by atoms with Crippen LogP contribution in [-0.2, 0) is 6.42 Å². The van der Waals surface area contributed by atoms with Gasteiger partial charge in [-0.2, -0.15) is 0 Å². The van der Waals surface area contributed by atoms with Crippen LogP contribution in [0.2, 0.25) is 0 Å². The van der Waals surface area contributed by atoms with Crippen LogP contribution in [0.4, 0.5) is 5.69 Å². The van der Waals surface area contributed by atoms with Crippen molar-refractivity contribution in [1.29, 1.82) is 0 Å². The molecule has 2 aliphatic rings. The molecule has 0 spiro atoms.